The Bertz CT molecular complexity index is 547. The van der Waals surface area contributed by atoms with Crippen molar-refractivity contribution >= 4 is 27.3 Å². The van der Waals surface area contributed by atoms with Crippen LogP contribution in [0.2, 0.25) is 5.02 Å². The van der Waals surface area contributed by atoms with Crippen LogP contribution in [0.1, 0.15) is 6.42 Å². The van der Waals surface area contributed by atoms with Crippen LogP contribution in [0.3, 0.4) is 0 Å². The van der Waals surface area contributed by atoms with Crippen molar-refractivity contribution < 1.29 is 8.42 Å². The zero-order chi connectivity index (χ0) is 13.3. The Morgan fingerprint density at radius 2 is 2.22 bits per heavy atom. The average molecular weight is 290 g/mol. The summed E-state index contributed by atoms with van der Waals surface area (Å²) in [4.78, 5) is 2.27. The van der Waals surface area contributed by atoms with Crippen LogP contribution < -0.4 is 10.5 Å². The number of benzene rings is 1. The van der Waals surface area contributed by atoms with Crippen molar-refractivity contribution in [3.8, 4) is 0 Å². The third kappa shape index (κ3) is 3.14. The van der Waals surface area contributed by atoms with E-state index in [-0.39, 0.29) is 10.9 Å². The Balaban J connectivity index is 2.22. The Labute approximate surface area is 112 Å². The van der Waals surface area contributed by atoms with Gasteiger partial charge in [0.05, 0.1) is 15.6 Å². The number of sulfonamides is 1. The molecule has 7 heteroatoms. The Morgan fingerprint density at radius 3 is 2.78 bits per heavy atom. The number of likely N-dealkylation sites (tertiary alicyclic amines) is 1. The van der Waals surface area contributed by atoms with Crippen molar-refractivity contribution in [2.45, 2.75) is 17.4 Å². The lowest BCUT2D eigenvalue weighted by molar-refractivity contribution is 0.414. The standard InChI is InChI=1S/C11H16ClN3O2S/c1-15-5-4-8(7-15)14-11-6-9(18(13,16)17)2-3-10(11)12/h2-3,6,8,14H,4-5,7H2,1H3,(H2,13,16,17). The summed E-state index contributed by atoms with van der Waals surface area (Å²) in [5, 5.41) is 8.85. The fourth-order valence-electron chi connectivity index (χ4n) is 2.06. The third-order valence-electron chi connectivity index (χ3n) is 3.02. The Kier molecular flexibility index (Phi) is 3.82. The summed E-state index contributed by atoms with van der Waals surface area (Å²) in [6, 6.07) is 4.71. The minimum atomic E-state index is -3.70. The van der Waals surface area contributed by atoms with Crippen LogP contribution in [0.25, 0.3) is 0 Å². The van der Waals surface area contributed by atoms with Crippen molar-refractivity contribution in [2.24, 2.45) is 5.14 Å². The maximum atomic E-state index is 11.3. The van der Waals surface area contributed by atoms with Crippen LogP contribution in [0.5, 0.6) is 0 Å². The number of nitrogens with zero attached hydrogens (tertiary/aromatic N) is 1. The summed E-state index contributed by atoms with van der Waals surface area (Å²) in [5.41, 5.74) is 0.614. The van der Waals surface area contributed by atoms with E-state index in [9.17, 15) is 8.42 Å². The van der Waals surface area contributed by atoms with Gasteiger partial charge in [0, 0.05) is 12.6 Å². The van der Waals surface area contributed by atoms with Gasteiger partial charge in [0.1, 0.15) is 0 Å². The fraction of sp³-hybridized carbons (Fsp3) is 0.455. The first kappa shape index (κ1) is 13.6. The molecule has 1 aliphatic rings. The number of nitrogens with one attached hydrogen (secondary N) is 1. The van der Waals surface area contributed by atoms with Crippen LogP contribution in [-0.2, 0) is 10.0 Å². The number of primary sulfonamides is 1. The van der Waals surface area contributed by atoms with E-state index in [2.05, 4.69) is 10.2 Å². The van der Waals surface area contributed by atoms with Crippen molar-refractivity contribution in [1.29, 1.82) is 0 Å². The van der Waals surface area contributed by atoms with Gasteiger partial charge in [0.15, 0.2) is 0 Å². The molecule has 0 spiro atoms. The molecule has 1 heterocycles. The molecule has 0 aliphatic carbocycles. The molecule has 0 saturated carbocycles. The van der Waals surface area contributed by atoms with Crippen LogP contribution in [0.4, 0.5) is 5.69 Å². The van der Waals surface area contributed by atoms with Gasteiger partial charge in [-0.25, -0.2) is 13.6 Å². The molecule has 1 fully saturated rings. The first-order valence-electron chi connectivity index (χ1n) is 5.64. The van der Waals surface area contributed by atoms with Crippen molar-refractivity contribution in [1.82, 2.24) is 4.90 Å². The lowest BCUT2D eigenvalue weighted by atomic mass is 10.2. The molecule has 2 rings (SSSR count). The van der Waals surface area contributed by atoms with Gasteiger partial charge >= 0.3 is 0 Å². The summed E-state index contributed by atoms with van der Waals surface area (Å²) >= 11 is 6.05. The second kappa shape index (κ2) is 5.05. The van der Waals surface area contributed by atoms with Gasteiger partial charge in [-0.3, -0.25) is 0 Å². The highest BCUT2D eigenvalue weighted by Gasteiger charge is 2.20. The molecule has 1 saturated heterocycles. The van der Waals surface area contributed by atoms with E-state index in [1.54, 1.807) is 6.07 Å². The van der Waals surface area contributed by atoms with Crippen molar-refractivity contribution in [2.75, 3.05) is 25.5 Å². The molecule has 1 aliphatic heterocycles. The molecule has 1 aromatic rings. The highest BCUT2D eigenvalue weighted by atomic mass is 35.5. The van der Waals surface area contributed by atoms with Gasteiger partial charge in [-0.2, -0.15) is 0 Å². The molecule has 0 amide bonds. The highest BCUT2D eigenvalue weighted by Crippen LogP contribution is 2.26. The zero-order valence-electron chi connectivity index (χ0n) is 10.1. The minimum absolute atomic E-state index is 0.0701. The highest BCUT2D eigenvalue weighted by molar-refractivity contribution is 7.89. The molecule has 100 valence electrons. The number of halogens is 1. The van der Waals surface area contributed by atoms with E-state index in [1.165, 1.54) is 12.1 Å². The number of hydrogen-bond acceptors (Lipinski definition) is 4. The Morgan fingerprint density at radius 1 is 1.50 bits per heavy atom. The van der Waals surface area contributed by atoms with Crippen LogP contribution in [0, 0.1) is 0 Å². The molecule has 0 aromatic heterocycles. The van der Waals surface area contributed by atoms with Crippen LogP contribution in [-0.4, -0.2) is 39.5 Å². The lowest BCUT2D eigenvalue weighted by Gasteiger charge is -2.16. The molecular formula is C11H16ClN3O2S. The summed E-state index contributed by atoms with van der Waals surface area (Å²) in [6.07, 6.45) is 1.01. The second-order valence-corrected chi connectivity index (χ2v) is 6.55. The SMILES string of the molecule is CN1CCC(Nc2cc(S(N)(=O)=O)ccc2Cl)C1. The molecule has 3 N–H and O–H groups in total. The number of nitrogens with two attached hydrogens (primary N) is 1. The van der Waals surface area contributed by atoms with Crippen molar-refractivity contribution in [3.05, 3.63) is 23.2 Å². The fourth-order valence-corrected chi connectivity index (χ4v) is 2.78. The number of rotatable bonds is 3. The van der Waals surface area contributed by atoms with E-state index in [0.29, 0.717) is 10.7 Å². The van der Waals surface area contributed by atoms with E-state index in [0.717, 1.165) is 19.5 Å². The quantitative estimate of drug-likeness (QED) is 0.874. The van der Waals surface area contributed by atoms with Gasteiger partial charge < -0.3 is 10.2 Å². The van der Waals surface area contributed by atoms with E-state index in [1.807, 2.05) is 7.05 Å². The predicted molar refractivity (Wildman–Crippen MR) is 72.3 cm³/mol. The Hall–Kier alpha value is -0.820. The first-order chi connectivity index (χ1) is 8.36. The van der Waals surface area contributed by atoms with Crippen molar-refractivity contribution in [3.63, 3.8) is 0 Å². The molecule has 1 aromatic carbocycles. The second-order valence-electron chi connectivity index (χ2n) is 4.58. The number of anilines is 1. The molecule has 1 atom stereocenters. The summed E-state index contributed by atoms with van der Waals surface area (Å²) < 4.78 is 22.6. The predicted octanol–water partition coefficient (Wildman–Crippen LogP) is 1.10. The maximum absolute atomic E-state index is 11.3. The van der Waals surface area contributed by atoms with Gasteiger partial charge in [0.25, 0.3) is 0 Å². The lowest BCUT2D eigenvalue weighted by Crippen LogP contribution is -2.24. The van der Waals surface area contributed by atoms with Crippen LogP contribution >= 0.6 is 11.6 Å². The topological polar surface area (TPSA) is 75.4 Å². The number of likely N-dealkylation sites (N-methyl/N-ethyl adjacent to an activating group) is 1. The molecule has 0 bridgehead atoms. The maximum Gasteiger partial charge on any atom is 0.238 e. The van der Waals surface area contributed by atoms with Gasteiger partial charge in [-0.1, -0.05) is 11.6 Å². The first-order valence-corrected chi connectivity index (χ1v) is 7.56. The monoisotopic (exact) mass is 289 g/mol. The van der Waals surface area contributed by atoms with Gasteiger partial charge in [0.2, 0.25) is 10.0 Å². The smallest absolute Gasteiger partial charge is 0.238 e. The normalized spacial score (nSPS) is 21.2. The van der Waals surface area contributed by atoms with E-state index in [4.69, 9.17) is 16.7 Å². The van der Waals surface area contributed by atoms with Crippen LogP contribution in [0.15, 0.2) is 23.1 Å². The molecular weight excluding hydrogens is 274 g/mol. The molecule has 5 nitrogen and oxygen atoms in total. The van der Waals surface area contributed by atoms with Gasteiger partial charge in [-0.05, 0) is 38.2 Å². The van der Waals surface area contributed by atoms with Gasteiger partial charge in [-0.15, -0.1) is 0 Å². The number of hydrogen-bond donors (Lipinski definition) is 2. The molecule has 0 radical (unpaired) electrons. The summed E-state index contributed by atoms with van der Waals surface area (Å²) in [6.45, 7) is 1.93. The third-order valence-corrected chi connectivity index (χ3v) is 4.26. The summed E-state index contributed by atoms with van der Waals surface area (Å²) in [7, 11) is -1.65. The zero-order valence-corrected chi connectivity index (χ0v) is 11.6. The molecule has 18 heavy (non-hydrogen) atoms. The minimum Gasteiger partial charge on any atom is -0.380 e. The average Bonchev–Trinajstić information content (AvgIpc) is 2.66. The van der Waals surface area contributed by atoms with E-state index >= 15 is 0 Å². The largest absolute Gasteiger partial charge is 0.380 e. The molecule has 1 unspecified atom stereocenters. The summed E-state index contributed by atoms with van der Waals surface area (Å²) in [5.74, 6) is 0. The van der Waals surface area contributed by atoms with E-state index < -0.39 is 10.0 Å².